The van der Waals surface area contributed by atoms with E-state index in [1.165, 1.54) is 5.56 Å². The summed E-state index contributed by atoms with van der Waals surface area (Å²) in [6, 6.07) is 6.16. The highest BCUT2D eigenvalue weighted by Gasteiger charge is 2.08. The van der Waals surface area contributed by atoms with Crippen LogP contribution in [0.2, 0.25) is 0 Å². The number of rotatable bonds is 6. The van der Waals surface area contributed by atoms with Gasteiger partial charge in [-0.2, -0.15) is 0 Å². The maximum absolute atomic E-state index is 5.92. The molecule has 0 aliphatic carbocycles. The minimum absolute atomic E-state index is 0.0383. The lowest BCUT2D eigenvalue weighted by Crippen LogP contribution is -2.10. The van der Waals surface area contributed by atoms with E-state index in [1.54, 1.807) is 4.68 Å². The van der Waals surface area contributed by atoms with Gasteiger partial charge in [0.15, 0.2) is 0 Å². The molecule has 5 nitrogen and oxygen atoms in total. The number of hydrogen-bond donors (Lipinski definition) is 1. The van der Waals surface area contributed by atoms with Crippen molar-refractivity contribution < 1.29 is 4.74 Å². The zero-order valence-corrected chi connectivity index (χ0v) is 12.3. The molecule has 5 heteroatoms. The lowest BCUT2D eigenvalue weighted by atomic mass is 10.1. The maximum Gasteiger partial charge on any atom is 0.122 e. The van der Waals surface area contributed by atoms with Crippen LogP contribution in [0.15, 0.2) is 24.4 Å². The normalized spacial score (nSPS) is 12.4. The molecular formula is C15H22N4O. The first kappa shape index (κ1) is 14.5. The van der Waals surface area contributed by atoms with Crippen LogP contribution in [0.25, 0.3) is 0 Å². The molecule has 1 unspecified atom stereocenters. The second-order valence-corrected chi connectivity index (χ2v) is 5.04. The van der Waals surface area contributed by atoms with E-state index in [-0.39, 0.29) is 6.04 Å². The number of aryl methyl sites for hydroxylation is 2. The summed E-state index contributed by atoms with van der Waals surface area (Å²) < 4.78 is 7.57. The molecule has 0 bridgehead atoms. The molecule has 108 valence electrons. The van der Waals surface area contributed by atoms with Crippen LogP contribution in [0.5, 0.6) is 5.75 Å². The first-order valence-corrected chi connectivity index (χ1v) is 6.95. The number of benzene rings is 1. The lowest BCUT2D eigenvalue weighted by Gasteiger charge is -2.09. The minimum atomic E-state index is -0.0383. The van der Waals surface area contributed by atoms with E-state index in [9.17, 15) is 0 Å². The molecule has 0 saturated heterocycles. The lowest BCUT2D eigenvalue weighted by molar-refractivity contribution is 0.288. The van der Waals surface area contributed by atoms with Gasteiger partial charge >= 0.3 is 0 Å². The SMILES string of the molecule is CCC(N)c1cn(CCOc2cc(C)ccc2C)nn1. The quantitative estimate of drug-likeness (QED) is 0.878. The van der Waals surface area contributed by atoms with Crippen LogP contribution in [-0.2, 0) is 6.54 Å². The number of hydrogen-bond acceptors (Lipinski definition) is 4. The molecule has 1 heterocycles. The third kappa shape index (κ3) is 3.57. The molecule has 0 aliphatic heterocycles. The average molecular weight is 274 g/mol. The monoisotopic (exact) mass is 274 g/mol. The Morgan fingerprint density at radius 1 is 1.35 bits per heavy atom. The molecule has 20 heavy (non-hydrogen) atoms. The summed E-state index contributed by atoms with van der Waals surface area (Å²) in [4.78, 5) is 0. The smallest absolute Gasteiger partial charge is 0.122 e. The van der Waals surface area contributed by atoms with Gasteiger partial charge in [0.25, 0.3) is 0 Å². The van der Waals surface area contributed by atoms with E-state index in [2.05, 4.69) is 35.4 Å². The summed E-state index contributed by atoms with van der Waals surface area (Å²) in [6.45, 7) is 7.36. The number of nitrogens with zero attached hydrogens (tertiary/aromatic N) is 3. The van der Waals surface area contributed by atoms with Gasteiger partial charge in [0.1, 0.15) is 12.4 Å². The Bertz CT molecular complexity index is 565. The Morgan fingerprint density at radius 3 is 2.90 bits per heavy atom. The molecule has 0 radical (unpaired) electrons. The van der Waals surface area contributed by atoms with Gasteiger partial charge in [0.2, 0.25) is 0 Å². The fourth-order valence-electron chi connectivity index (χ4n) is 1.91. The summed E-state index contributed by atoms with van der Waals surface area (Å²) in [5.41, 5.74) is 9.09. The van der Waals surface area contributed by atoms with Gasteiger partial charge in [0.05, 0.1) is 24.5 Å². The zero-order chi connectivity index (χ0) is 14.5. The molecular weight excluding hydrogens is 252 g/mol. The fraction of sp³-hybridized carbons (Fsp3) is 0.467. The van der Waals surface area contributed by atoms with Crippen LogP contribution in [0.4, 0.5) is 0 Å². The van der Waals surface area contributed by atoms with Crippen LogP contribution in [0, 0.1) is 13.8 Å². The predicted molar refractivity (Wildman–Crippen MR) is 78.7 cm³/mol. The van der Waals surface area contributed by atoms with Crippen LogP contribution in [-0.4, -0.2) is 21.6 Å². The number of nitrogens with two attached hydrogens (primary N) is 1. The summed E-state index contributed by atoms with van der Waals surface area (Å²) in [6.07, 6.45) is 2.75. The highest BCUT2D eigenvalue weighted by atomic mass is 16.5. The summed E-state index contributed by atoms with van der Waals surface area (Å²) in [5, 5.41) is 8.14. The fourth-order valence-corrected chi connectivity index (χ4v) is 1.91. The second kappa shape index (κ2) is 6.52. The van der Waals surface area contributed by atoms with Gasteiger partial charge in [-0.15, -0.1) is 5.10 Å². The van der Waals surface area contributed by atoms with Crippen molar-refractivity contribution in [3.63, 3.8) is 0 Å². The summed E-state index contributed by atoms with van der Waals surface area (Å²) >= 11 is 0. The molecule has 2 N–H and O–H groups in total. The van der Waals surface area contributed by atoms with Gasteiger partial charge in [0, 0.05) is 0 Å². The topological polar surface area (TPSA) is 66.0 Å². The third-order valence-corrected chi connectivity index (χ3v) is 3.30. The zero-order valence-electron chi connectivity index (χ0n) is 12.3. The van der Waals surface area contributed by atoms with Crippen molar-refractivity contribution in [3.05, 3.63) is 41.2 Å². The molecule has 0 fully saturated rings. The Kier molecular flexibility index (Phi) is 4.74. The molecule has 0 aliphatic rings. The second-order valence-electron chi connectivity index (χ2n) is 5.04. The van der Waals surface area contributed by atoms with Gasteiger partial charge in [-0.05, 0) is 37.5 Å². The average Bonchev–Trinajstić information content (AvgIpc) is 2.90. The van der Waals surface area contributed by atoms with Crippen molar-refractivity contribution >= 4 is 0 Å². The molecule has 1 aromatic carbocycles. The maximum atomic E-state index is 5.92. The van der Waals surface area contributed by atoms with E-state index in [4.69, 9.17) is 10.5 Å². The van der Waals surface area contributed by atoms with E-state index < -0.39 is 0 Å². The van der Waals surface area contributed by atoms with E-state index in [0.29, 0.717) is 13.2 Å². The first-order chi connectivity index (χ1) is 9.60. The largest absolute Gasteiger partial charge is 0.491 e. The van der Waals surface area contributed by atoms with Crippen molar-refractivity contribution in [1.82, 2.24) is 15.0 Å². The Balaban J connectivity index is 1.89. The molecule has 1 aromatic heterocycles. The van der Waals surface area contributed by atoms with Crippen LogP contribution in [0.1, 0.15) is 36.2 Å². The molecule has 1 atom stereocenters. The van der Waals surface area contributed by atoms with Crippen molar-refractivity contribution in [2.45, 2.75) is 39.8 Å². The Morgan fingerprint density at radius 2 is 2.15 bits per heavy atom. The van der Waals surface area contributed by atoms with Crippen molar-refractivity contribution in [1.29, 1.82) is 0 Å². The summed E-state index contributed by atoms with van der Waals surface area (Å²) in [5.74, 6) is 0.926. The minimum Gasteiger partial charge on any atom is -0.491 e. The van der Waals surface area contributed by atoms with Gasteiger partial charge in [-0.1, -0.05) is 24.3 Å². The summed E-state index contributed by atoms with van der Waals surface area (Å²) in [7, 11) is 0. The van der Waals surface area contributed by atoms with Crippen molar-refractivity contribution in [2.24, 2.45) is 5.73 Å². The van der Waals surface area contributed by atoms with Crippen LogP contribution >= 0.6 is 0 Å². The van der Waals surface area contributed by atoms with Crippen LogP contribution < -0.4 is 10.5 Å². The third-order valence-electron chi connectivity index (χ3n) is 3.30. The highest BCUT2D eigenvalue weighted by molar-refractivity contribution is 5.35. The highest BCUT2D eigenvalue weighted by Crippen LogP contribution is 2.19. The molecule has 2 rings (SSSR count). The standard InChI is InChI=1S/C15H22N4O/c1-4-13(16)14-10-19(18-17-14)7-8-20-15-9-11(2)5-6-12(15)3/h5-6,9-10,13H,4,7-8,16H2,1-3H3. The molecule has 0 spiro atoms. The first-order valence-electron chi connectivity index (χ1n) is 6.95. The van der Waals surface area contributed by atoms with Gasteiger partial charge in [-0.3, -0.25) is 0 Å². The Labute approximate surface area is 119 Å². The Hall–Kier alpha value is -1.88. The molecule has 0 amide bonds. The number of aromatic nitrogens is 3. The van der Waals surface area contributed by atoms with E-state index in [0.717, 1.165) is 23.4 Å². The van der Waals surface area contributed by atoms with E-state index >= 15 is 0 Å². The van der Waals surface area contributed by atoms with Gasteiger partial charge in [-0.25, -0.2) is 4.68 Å². The van der Waals surface area contributed by atoms with Gasteiger partial charge < -0.3 is 10.5 Å². The van der Waals surface area contributed by atoms with Crippen LogP contribution in [0.3, 0.4) is 0 Å². The predicted octanol–water partition coefficient (Wildman–Crippen LogP) is 2.38. The molecule has 0 saturated carbocycles. The van der Waals surface area contributed by atoms with Crippen molar-refractivity contribution in [3.8, 4) is 5.75 Å². The van der Waals surface area contributed by atoms with Crippen molar-refractivity contribution in [2.75, 3.05) is 6.61 Å². The molecule has 2 aromatic rings. The number of ether oxygens (including phenoxy) is 1. The van der Waals surface area contributed by atoms with E-state index in [1.807, 2.05) is 20.0 Å².